The van der Waals surface area contributed by atoms with Gasteiger partial charge in [-0.2, -0.15) is 0 Å². The Hall–Kier alpha value is -3.07. The van der Waals surface area contributed by atoms with Gasteiger partial charge < -0.3 is 10.2 Å². The Labute approximate surface area is 209 Å². The van der Waals surface area contributed by atoms with E-state index >= 15 is 0 Å². The van der Waals surface area contributed by atoms with Crippen molar-refractivity contribution in [2.75, 3.05) is 19.4 Å². The second-order valence-electron chi connectivity index (χ2n) is 9.55. The van der Waals surface area contributed by atoms with Crippen molar-refractivity contribution in [2.45, 2.75) is 51.0 Å². The standard InChI is InChI=1S/C27H35N5O2S/c1-18(2)24-15-22(21-11-13-29-14-12-21)16-25(19(3)4)26(24)30-27(33)31-35(28,34)23-9-7-20(8-10-23)17-32(5)6/h7-16,18-19H,17H2,1-6H3,(H3,28,30,31,33,34). The minimum absolute atomic E-state index is 0.135. The third-order valence-corrected chi connectivity index (χ3v) is 7.05. The largest absolute Gasteiger partial charge is 0.354 e. The molecule has 186 valence electrons. The van der Waals surface area contributed by atoms with Crippen LogP contribution < -0.4 is 10.5 Å². The summed E-state index contributed by atoms with van der Waals surface area (Å²) in [5, 5.41) is 8.92. The molecular formula is C27H35N5O2S. The Morgan fingerprint density at radius 1 is 0.971 bits per heavy atom. The molecule has 35 heavy (non-hydrogen) atoms. The summed E-state index contributed by atoms with van der Waals surface area (Å²) >= 11 is 0. The Bertz CT molecular complexity index is 1260. The van der Waals surface area contributed by atoms with E-state index in [1.807, 2.05) is 43.3 Å². The zero-order valence-electron chi connectivity index (χ0n) is 21.3. The van der Waals surface area contributed by atoms with E-state index < -0.39 is 15.9 Å². The fourth-order valence-corrected chi connectivity index (χ4v) is 4.84. The summed E-state index contributed by atoms with van der Waals surface area (Å²) in [6, 6.07) is 14.4. The first-order valence-corrected chi connectivity index (χ1v) is 13.2. The maximum Gasteiger partial charge on any atom is 0.354 e. The van der Waals surface area contributed by atoms with Crippen LogP contribution in [0, 0.1) is 0 Å². The summed E-state index contributed by atoms with van der Waals surface area (Å²) in [6.07, 6.45) is 3.53. The van der Waals surface area contributed by atoms with Crippen LogP contribution in [0.1, 0.15) is 56.2 Å². The molecule has 0 aliphatic rings. The Morgan fingerprint density at radius 3 is 2.00 bits per heavy atom. The fraction of sp³-hybridized carbons (Fsp3) is 0.333. The zero-order valence-corrected chi connectivity index (χ0v) is 22.1. The lowest BCUT2D eigenvalue weighted by Crippen LogP contribution is -2.19. The van der Waals surface area contributed by atoms with Gasteiger partial charge in [0.2, 0.25) is 0 Å². The maximum atomic E-state index is 13.1. The number of anilines is 1. The molecule has 2 aromatic carbocycles. The van der Waals surface area contributed by atoms with Gasteiger partial charge in [-0.15, -0.1) is 4.36 Å². The third-order valence-electron chi connectivity index (χ3n) is 5.67. The number of amides is 2. The highest BCUT2D eigenvalue weighted by molar-refractivity contribution is 7.91. The van der Waals surface area contributed by atoms with Gasteiger partial charge >= 0.3 is 6.03 Å². The van der Waals surface area contributed by atoms with Crippen molar-refractivity contribution in [2.24, 2.45) is 9.50 Å². The lowest BCUT2D eigenvalue weighted by Gasteiger charge is -2.21. The molecule has 1 atom stereocenters. The van der Waals surface area contributed by atoms with Crippen molar-refractivity contribution in [3.8, 4) is 11.1 Å². The monoisotopic (exact) mass is 493 g/mol. The van der Waals surface area contributed by atoms with Gasteiger partial charge in [-0.25, -0.2) is 14.1 Å². The third kappa shape index (κ3) is 6.75. The van der Waals surface area contributed by atoms with E-state index in [4.69, 9.17) is 5.14 Å². The molecule has 0 aliphatic carbocycles. The molecule has 0 fully saturated rings. The van der Waals surface area contributed by atoms with E-state index in [2.05, 4.69) is 54.5 Å². The van der Waals surface area contributed by atoms with E-state index in [-0.39, 0.29) is 11.8 Å². The molecule has 0 saturated heterocycles. The van der Waals surface area contributed by atoms with Gasteiger partial charge in [-0.1, -0.05) is 39.8 Å². The highest BCUT2D eigenvalue weighted by atomic mass is 32.2. The predicted molar refractivity (Wildman–Crippen MR) is 144 cm³/mol. The van der Waals surface area contributed by atoms with Crippen molar-refractivity contribution in [1.29, 1.82) is 0 Å². The smallest absolute Gasteiger partial charge is 0.305 e. The molecule has 3 aromatic rings. The first-order valence-electron chi connectivity index (χ1n) is 11.7. The van der Waals surface area contributed by atoms with Crippen LogP contribution in [0.5, 0.6) is 0 Å². The molecule has 2 amide bonds. The molecule has 0 aliphatic heterocycles. The lowest BCUT2D eigenvalue weighted by molar-refractivity contribution is 0.260. The summed E-state index contributed by atoms with van der Waals surface area (Å²) in [6.45, 7) is 9.04. The minimum Gasteiger partial charge on any atom is -0.305 e. The number of aromatic nitrogens is 1. The Balaban J connectivity index is 1.98. The van der Waals surface area contributed by atoms with Gasteiger partial charge in [0.1, 0.15) is 9.92 Å². The number of nitrogens with two attached hydrogens (primary N) is 1. The molecule has 1 aromatic heterocycles. The topological polar surface area (TPSA) is 101 Å². The zero-order chi connectivity index (χ0) is 25.8. The Kier molecular flexibility index (Phi) is 8.43. The van der Waals surface area contributed by atoms with Gasteiger partial charge in [-0.3, -0.25) is 4.98 Å². The van der Waals surface area contributed by atoms with E-state index in [9.17, 15) is 9.00 Å². The molecule has 1 unspecified atom stereocenters. The molecule has 8 heteroatoms. The summed E-state index contributed by atoms with van der Waals surface area (Å²) < 4.78 is 17.0. The quantitative estimate of drug-likeness (QED) is 0.422. The summed E-state index contributed by atoms with van der Waals surface area (Å²) in [7, 11) is 0.545. The number of benzene rings is 2. The van der Waals surface area contributed by atoms with Crippen molar-refractivity contribution in [3.05, 3.63) is 77.6 Å². The van der Waals surface area contributed by atoms with Crippen LogP contribution in [0.2, 0.25) is 0 Å². The first-order chi connectivity index (χ1) is 16.5. The van der Waals surface area contributed by atoms with Crippen LogP contribution in [0.25, 0.3) is 11.1 Å². The van der Waals surface area contributed by atoms with E-state index in [0.717, 1.165) is 34.4 Å². The van der Waals surface area contributed by atoms with Gasteiger partial charge in [0.15, 0.2) is 0 Å². The molecule has 7 nitrogen and oxygen atoms in total. The molecule has 0 saturated carbocycles. The minimum atomic E-state index is -3.40. The van der Waals surface area contributed by atoms with Crippen molar-refractivity contribution in [3.63, 3.8) is 0 Å². The SMILES string of the molecule is CC(C)c1cc(-c2ccncc2)cc(C(C)C)c1NC(=O)N=S(N)(=O)c1ccc(CN(C)C)cc1. The van der Waals surface area contributed by atoms with Crippen LogP contribution in [0.3, 0.4) is 0 Å². The van der Waals surface area contributed by atoms with Crippen LogP contribution in [-0.2, 0) is 16.5 Å². The van der Waals surface area contributed by atoms with Gasteiger partial charge in [-0.05, 0) is 90.1 Å². The average Bonchev–Trinajstić information content (AvgIpc) is 2.79. The maximum absolute atomic E-state index is 13.1. The van der Waals surface area contributed by atoms with Gasteiger partial charge in [0, 0.05) is 24.6 Å². The number of pyridine rings is 1. The van der Waals surface area contributed by atoms with Crippen molar-refractivity contribution < 1.29 is 9.00 Å². The number of hydrogen-bond donors (Lipinski definition) is 2. The summed E-state index contributed by atoms with van der Waals surface area (Å²) in [5.41, 5.74) is 5.80. The first kappa shape index (κ1) is 26.5. The molecule has 3 rings (SSSR count). The second kappa shape index (κ2) is 11.1. The number of hydrogen-bond acceptors (Lipinski definition) is 4. The van der Waals surface area contributed by atoms with Crippen LogP contribution in [0.4, 0.5) is 10.5 Å². The number of urea groups is 1. The predicted octanol–water partition coefficient (Wildman–Crippen LogP) is 5.99. The van der Waals surface area contributed by atoms with Crippen LogP contribution in [-0.4, -0.2) is 34.2 Å². The normalized spacial score (nSPS) is 13.2. The average molecular weight is 494 g/mol. The van der Waals surface area contributed by atoms with Gasteiger partial charge in [0.05, 0.1) is 4.90 Å². The summed E-state index contributed by atoms with van der Waals surface area (Å²) in [5.74, 6) is 0.270. The van der Waals surface area contributed by atoms with Crippen LogP contribution in [0.15, 0.2) is 70.2 Å². The fourth-order valence-electron chi connectivity index (χ4n) is 3.91. The highest BCUT2D eigenvalue weighted by Crippen LogP contribution is 2.37. The number of rotatable bonds is 7. The summed E-state index contributed by atoms with van der Waals surface area (Å²) in [4.78, 5) is 19.4. The van der Waals surface area contributed by atoms with Crippen LogP contribution >= 0.6 is 0 Å². The number of carbonyl (C=O) groups excluding carboxylic acids is 1. The van der Waals surface area contributed by atoms with Crippen molar-refractivity contribution >= 4 is 21.6 Å². The molecule has 0 radical (unpaired) electrons. The molecule has 0 spiro atoms. The van der Waals surface area contributed by atoms with E-state index in [0.29, 0.717) is 10.6 Å². The van der Waals surface area contributed by atoms with Gasteiger partial charge in [0.25, 0.3) is 0 Å². The number of nitrogens with one attached hydrogen (secondary N) is 1. The highest BCUT2D eigenvalue weighted by Gasteiger charge is 2.19. The molecule has 0 bridgehead atoms. The van der Waals surface area contributed by atoms with Crippen molar-refractivity contribution in [1.82, 2.24) is 9.88 Å². The number of nitrogens with zero attached hydrogens (tertiary/aromatic N) is 3. The van der Waals surface area contributed by atoms with E-state index in [1.54, 1.807) is 24.5 Å². The van der Waals surface area contributed by atoms with E-state index in [1.165, 1.54) is 0 Å². The molecule has 3 N–H and O–H groups in total. The molecule has 1 heterocycles. The Morgan fingerprint density at radius 2 is 1.51 bits per heavy atom. The second-order valence-corrected chi connectivity index (χ2v) is 11.3. The lowest BCUT2D eigenvalue weighted by atomic mass is 9.88. The molecular weight excluding hydrogens is 458 g/mol. The number of carbonyl (C=O) groups is 1.